The molecule has 1 aliphatic heterocycles. The largest absolute Gasteiger partial charge is 0.311 e. The van der Waals surface area contributed by atoms with Crippen molar-refractivity contribution in [3.8, 4) is 0 Å². The van der Waals surface area contributed by atoms with Crippen LogP contribution in [0.3, 0.4) is 0 Å². The molecule has 0 bridgehead atoms. The van der Waals surface area contributed by atoms with E-state index in [1.807, 2.05) is 42.7 Å². The molecule has 2 heterocycles. The molecule has 0 radical (unpaired) electrons. The lowest BCUT2D eigenvalue weighted by atomic mass is 10.0. The van der Waals surface area contributed by atoms with Gasteiger partial charge in [-0.1, -0.05) is 25.1 Å². The quantitative estimate of drug-likeness (QED) is 0.483. The van der Waals surface area contributed by atoms with Crippen molar-refractivity contribution in [1.29, 1.82) is 0 Å². The number of alkyl halides is 2. The van der Waals surface area contributed by atoms with Gasteiger partial charge in [0.1, 0.15) is 11.5 Å². The molecule has 0 unspecified atom stereocenters. The number of aromatic nitrogens is 2. The van der Waals surface area contributed by atoms with E-state index >= 15 is 0 Å². The van der Waals surface area contributed by atoms with Gasteiger partial charge in [-0.15, -0.1) is 0 Å². The Bertz CT molecular complexity index is 1140. The van der Waals surface area contributed by atoms with Crippen molar-refractivity contribution < 1.29 is 13.2 Å². The van der Waals surface area contributed by atoms with Crippen molar-refractivity contribution in [2.24, 2.45) is 17.3 Å². The molecule has 0 N–H and O–H groups in total. The zero-order chi connectivity index (χ0) is 21.3. The minimum atomic E-state index is -2.65. The second-order valence-electron chi connectivity index (χ2n) is 6.85. The lowest BCUT2D eigenvalue weighted by molar-refractivity contribution is 0.224. The maximum atomic E-state index is 14.9. The summed E-state index contributed by atoms with van der Waals surface area (Å²) in [6, 6.07) is 10.7. The Balaban J connectivity index is 1.59. The fourth-order valence-corrected chi connectivity index (χ4v) is 4.23. The van der Waals surface area contributed by atoms with Crippen molar-refractivity contribution in [1.82, 2.24) is 9.78 Å². The monoisotopic (exact) mass is 431 g/mol. The molecule has 1 aliphatic rings. The highest BCUT2D eigenvalue weighted by Gasteiger charge is 2.23. The van der Waals surface area contributed by atoms with E-state index in [2.05, 4.69) is 15.3 Å². The Hall–Kier alpha value is -2.81. The molecular formula is C21H20F3N5S. The van der Waals surface area contributed by atoms with Crippen molar-refractivity contribution in [2.75, 3.05) is 10.1 Å². The predicted octanol–water partition coefficient (Wildman–Crippen LogP) is 5.20. The molecule has 1 aromatic heterocycles. The van der Waals surface area contributed by atoms with Crippen LogP contribution in [-0.2, 0) is 13.6 Å². The topological polar surface area (TPSA) is 45.8 Å². The Morgan fingerprint density at radius 2 is 2.03 bits per heavy atom. The average molecular weight is 431 g/mol. The van der Waals surface area contributed by atoms with Crippen LogP contribution < -0.4 is 4.31 Å². The lowest BCUT2D eigenvalue weighted by Crippen LogP contribution is -2.16. The number of nitrogens with zero attached hydrogens (tertiary/aromatic N) is 5. The average Bonchev–Trinajstić information content (AvgIpc) is 3.37. The summed E-state index contributed by atoms with van der Waals surface area (Å²) in [6.07, 6.45) is -0.895. The summed E-state index contributed by atoms with van der Waals surface area (Å²) in [5.74, 6) is 0.418. The maximum Gasteiger partial charge on any atom is 0.278 e. The second-order valence-corrected chi connectivity index (χ2v) is 8.13. The van der Waals surface area contributed by atoms with Gasteiger partial charge in [-0.2, -0.15) is 15.3 Å². The zero-order valence-corrected chi connectivity index (χ0v) is 17.3. The van der Waals surface area contributed by atoms with Crippen LogP contribution in [0.4, 0.5) is 18.9 Å². The first-order valence-electron chi connectivity index (χ1n) is 9.49. The van der Waals surface area contributed by atoms with E-state index in [-0.39, 0.29) is 12.1 Å². The summed E-state index contributed by atoms with van der Waals surface area (Å²) < 4.78 is 44.3. The van der Waals surface area contributed by atoms with Crippen molar-refractivity contribution in [2.45, 2.75) is 26.3 Å². The molecule has 156 valence electrons. The van der Waals surface area contributed by atoms with Crippen LogP contribution in [0.5, 0.6) is 0 Å². The number of anilines is 1. The van der Waals surface area contributed by atoms with Gasteiger partial charge in [0, 0.05) is 35.7 Å². The van der Waals surface area contributed by atoms with E-state index in [1.54, 1.807) is 28.8 Å². The lowest BCUT2D eigenvalue weighted by Gasteiger charge is -2.24. The van der Waals surface area contributed by atoms with Gasteiger partial charge in [0.05, 0.1) is 29.7 Å². The van der Waals surface area contributed by atoms with Gasteiger partial charge in [-0.05, 0) is 30.1 Å². The van der Waals surface area contributed by atoms with Crippen LogP contribution in [0.15, 0.2) is 52.8 Å². The molecule has 9 heteroatoms. The van der Waals surface area contributed by atoms with Crippen LogP contribution >= 0.6 is 11.9 Å². The second kappa shape index (κ2) is 8.51. The first kappa shape index (κ1) is 20.5. The fourth-order valence-electron chi connectivity index (χ4n) is 3.39. The molecule has 4 rings (SSSR count). The Morgan fingerprint density at radius 3 is 2.73 bits per heavy atom. The van der Waals surface area contributed by atoms with Gasteiger partial charge in [-0.3, -0.25) is 4.68 Å². The predicted molar refractivity (Wildman–Crippen MR) is 116 cm³/mol. The van der Waals surface area contributed by atoms with Gasteiger partial charge in [0.15, 0.2) is 0 Å². The highest BCUT2D eigenvalue weighted by Crippen LogP contribution is 2.32. The molecule has 0 spiro atoms. The van der Waals surface area contributed by atoms with Gasteiger partial charge in [0.25, 0.3) is 6.43 Å². The summed E-state index contributed by atoms with van der Waals surface area (Å²) in [4.78, 5) is 0. The number of aryl methyl sites for hydroxylation is 1. The number of benzene rings is 2. The Kier molecular flexibility index (Phi) is 5.80. The minimum absolute atomic E-state index is 0.0583. The van der Waals surface area contributed by atoms with E-state index in [1.165, 1.54) is 6.07 Å². The Labute approximate surface area is 176 Å². The van der Waals surface area contributed by atoms with Crippen LogP contribution in [0, 0.1) is 5.82 Å². The van der Waals surface area contributed by atoms with Gasteiger partial charge in [-0.25, -0.2) is 13.2 Å². The fraction of sp³-hybridized carbons (Fsp3) is 0.286. The van der Waals surface area contributed by atoms with Crippen LogP contribution in [-0.4, -0.2) is 33.4 Å². The first-order chi connectivity index (χ1) is 14.5. The molecule has 2 aromatic carbocycles. The summed E-state index contributed by atoms with van der Waals surface area (Å²) in [7, 11) is 1.89. The molecule has 0 saturated carbocycles. The standard InChI is InChI=1S/C21H20F3N5S/c1-3-30-29(20-6-4-5-19-15(20)11-25-28(19)2)12-14-8-7-13(9-16(14)22)17-10-18(21(23)24)27-26-17/h4-9,11,21H,3,10,12H2,1-2H3. The molecule has 0 aliphatic carbocycles. The van der Waals surface area contributed by atoms with Gasteiger partial charge < -0.3 is 4.31 Å². The van der Waals surface area contributed by atoms with E-state index in [9.17, 15) is 13.2 Å². The highest BCUT2D eigenvalue weighted by atomic mass is 32.2. The number of hydrogen-bond donors (Lipinski definition) is 0. The third kappa shape index (κ3) is 3.94. The van der Waals surface area contributed by atoms with Crippen molar-refractivity contribution >= 4 is 40.0 Å². The summed E-state index contributed by atoms with van der Waals surface area (Å²) in [5.41, 5.74) is 3.01. The molecule has 5 nitrogen and oxygen atoms in total. The summed E-state index contributed by atoms with van der Waals surface area (Å²) in [5, 5.41) is 12.6. The summed E-state index contributed by atoms with van der Waals surface area (Å²) >= 11 is 1.59. The number of fused-ring (bicyclic) bond motifs is 1. The molecular weight excluding hydrogens is 411 g/mol. The van der Waals surface area contributed by atoms with E-state index in [0.717, 1.165) is 22.3 Å². The first-order valence-corrected chi connectivity index (χ1v) is 10.4. The number of hydrogen-bond acceptors (Lipinski definition) is 5. The maximum absolute atomic E-state index is 14.9. The molecule has 3 aromatic rings. The van der Waals surface area contributed by atoms with E-state index in [4.69, 9.17) is 0 Å². The van der Waals surface area contributed by atoms with Crippen LogP contribution in [0.25, 0.3) is 10.9 Å². The molecule has 30 heavy (non-hydrogen) atoms. The van der Waals surface area contributed by atoms with Crippen LogP contribution in [0.2, 0.25) is 0 Å². The van der Waals surface area contributed by atoms with Gasteiger partial charge in [0.2, 0.25) is 0 Å². The SMILES string of the molecule is CCSN(Cc1ccc(C2=NN=C(C(F)F)C2)cc1F)c1cccc2c1cnn2C. The highest BCUT2D eigenvalue weighted by molar-refractivity contribution is 8.00. The minimum Gasteiger partial charge on any atom is -0.311 e. The van der Waals surface area contributed by atoms with E-state index < -0.39 is 12.2 Å². The molecule has 0 fully saturated rings. The Morgan fingerprint density at radius 1 is 1.20 bits per heavy atom. The molecule has 0 amide bonds. The van der Waals surface area contributed by atoms with Gasteiger partial charge >= 0.3 is 0 Å². The third-order valence-corrected chi connectivity index (χ3v) is 5.82. The number of rotatable bonds is 7. The normalized spacial score (nSPS) is 13.8. The molecule has 0 saturated heterocycles. The van der Waals surface area contributed by atoms with E-state index in [0.29, 0.717) is 23.4 Å². The van der Waals surface area contributed by atoms with Crippen molar-refractivity contribution in [3.63, 3.8) is 0 Å². The number of halogens is 3. The zero-order valence-electron chi connectivity index (χ0n) is 16.5. The van der Waals surface area contributed by atoms with Crippen LogP contribution in [0.1, 0.15) is 24.5 Å². The van der Waals surface area contributed by atoms with Crippen molar-refractivity contribution in [3.05, 3.63) is 59.5 Å². The molecule has 0 atom stereocenters. The summed E-state index contributed by atoms with van der Waals surface area (Å²) in [6.45, 7) is 2.39. The third-order valence-electron chi connectivity index (χ3n) is 4.92. The smallest absolute Gasteiger partial charge is 0.278 e.